The Morgan fingerprint density at radius 1 is 1.18 bits per heavy atom. The van der Waals surface area contributed by atoms with Crippen molar-refractivity contribution in [3.8, 4) is 0 Å². The normalized spacial score (nSPS) is 12.4. The first-order chi connectivity index (χ1) is 8.22. The summed E-state index contributed by atoms with van der Waals surface area (Å²) in [5.41, 5.74) is 10.0. The van der Waals surface area contributed by atoms with Crippen LogP contribution in [-0.4, -0.2) is 4.98 Å². The lowest BCUT2D eigenvalue weighted by atomic mass is 10.00. The number of benzene rings is 1. The minimum Gasteiger partial charge on any atom is -0.383 e. The standard InChI is InChI=1S/C12H13FN4/c13-9-5-3-8(4-6-9)11(17-15)10-2-1-7-16-12(10)14/h1-7,11,17H,15H2,(H2,14,16). The molecule has 1 atom stereocenters. The van der Waals surface area contributed by atoms with Crippen molar-refractivity contribution in [2.45, 2.75) is 6.04 Å². The molecule has 1 unspecified atom stereocenters. The molecule has 0 amide bonds. The Kier molecular flexibility index (Phi) is 3.32. The molecule has 1 aromatic carbocycles. The van der Waals surface area contributed by atoms with Crippen LogP contribution in [0.4, 0.5) is 10.2 Å². The van der Waals surface area contributed by atoms with Gasteiger partial charge in [0.2, 0.25) is 0 Å². The Hall–Kier alpha value is -1.98. The van der Waals surface area contributed by atoms with Crippen LogP contribution in [0.5, 0.6) is 0 Å². The molecule has 0 aliphatic rings. The fraction of sp³-hybridized carbons (Fsp3) is 0.0833. The van der Waals surface area contributed by atoms with Crippen LogP contribution in [0, 0.1) is 5.82 Å². The van der Waals surface area contributed by atoms with E-state index in [4.69, 9.17) is 11.6 Å². The highest BCUT2D eigenvalue weighted by molar-refractivity contribution is 5.45. The van der Waals surface area contributed by atoms with Gasteiger partial charge in [-0.2, -0.15) is 0 Å². The van der Waals surface area contributed by atoms with Crippen molar-refractivity contribution in [3.05, 3.63) is 59.5 Å². The van der Waals surface area contributed by atoms with Crippen LogP contribution in [0.1, 0.15) is 17.2 Å². The minimum absolute atomic E-state index is 0.288. The second-order valence-corrected chi connectivity index (χ2v) is 3.63. The van der Waals surface area contributed by atoms with Crippen molar-refractivity contribution in [2.24, 2.45) is 5.84 Å². The van der Waals surface area contributed by atoms with Gasteiger partial charge in [-0.3, -0.25) is 5.84 Å². The topological polar surface area (TPSA) is 77.0 Å². The second-order valence-electron chi connectivity index (χ2n) is 3.63. The largest absolute Gasteiger partial charge is 0.383 e. The molecule has 4 nitrogen and oxygen atoms in total. The van der Waals surface area contributed by atoms with E-state index in [-0.39, 0.29) is 11.9 Å². The first-order valence-corrected chi connectivity index (χ1v) is 5.14. The molecule has 0 saturated heterocycles. The number of pyridine rings is 1. The Balaban J connectivity index is 2.40. The number of halogens is 1. The Bertz CT molecular complexity index is 498. The van der Waals surface area contributed by atoms with Crippen LogP contribution in [0.25, 0.3) is 0 Å². The van der Waals surface area contributed by atoms with E-state index in [9.17, 15) is 4.39 Å². The van der Waals surface area contributed by atoms with Crippen molar-refractivity contribution in [1.29, 1.82) is 0 Å². The smallest absolute Gasteiger partial charge is 0.128 e. The zero-order chi connectivity index (χ0) is 12.3. The molecule has 2 rings (SSSR count). The predicted molar refractivity (Wildman–Crippen MR) is 64.2 cm³/mol. The molecule has 17 heavy (non-hydrogen) atoms. The monoisotopic (exact) mass is 232 g/mol. The Labute approximate surface area is 98.4 Å². The summed E-state index contributed by atoms with van der Waals surface area (Å²) in [5.74, 6) is 5.63. The third-order valence-electron chi connectivity index (χ3n) is 2.55. The van der Waals surface area contributed by atoms with E-state index < -0.39 is 0 Å². The summed E-state index contributed by atoms with van der Waals surface area (Å²) in [7, 11) is 0. The highest BCUT2D eigenvalue weighted by Gasteiger charge is 2.15. The lowest BCUT2D eigenvalue weighted by Gasteiger charge is -2.17. The van der Waals surface area contributed by atoms with Gasteiger partial charge in [0.25, 0.3) is 0 Å². The first kappa shape index (κ1) is 11.5. The van der Waals surface area contributed by atoms with E-state index in [0.717, 1.165) is 11.1 Å². The SMILES string of the molecule is NNC(c1ccc(F)cc1)c1cccnc1N. The number of anilines is 1. The summed E-state index contributed by atoms with van der Waals surface area (Å²) in [6, 6.07) is 9.39. The summed E-state index contributed by atoms with van der Waals surface area (Å²) in [6.45, 7) is 0. The number of hydrogen-bond acceptors (Lipinski definition) is 4. The average Bonchev–Trinajstić information content (AvgIpc) is 2.35. The van der Waals surface area contributed by atoms with Gasteiger partial charge in [0.15, 0.2) is 0 Å². The fourth-order valence-electron chi connectivity index (χ4n) is 1.69. The summed E-state index contributed by atoms with van der Waals surface area (Å²) < 4.78 is 12.8. The molecule has 0 bridgehead atoms. The number of nitrogen functional groups attached to an aromatic ring is 1. The Morgan fingerprint density at radius 2 is 1.88 bits per heavy atom. The highest BCUT2D eigenvalue weighted by Crippen LogP contribution is 2.24. The Morgan fingerprint density at radius 3 is 2.47 bits per heavy atom. The molecule has 5 N–H and O–H groups in total. The molecule has 0 aliphatic carbocycles. The molecular formula is C12H13FN4. The van der Waals surface area contributed by atoms with Crippen LogP contribution < -0.4 is 17.0 Å². The van der Waals surface area contributed by atoms with Gasteiger partial charge in [0, 0.05) is 11.8 Å². The number of hydrogen-bond donors (Lipinski definition) is 3. The van der Waals surface area contributed by atoms with Crippen LogP contribution in [-0.2, 0) is 0 Å². The van der Waals surface area contributed by atoms with Crippen molar-refractivity contribution in [2.75, 3.05) is 5.73 Å². The van der Waals surface area contributed by atoms with Gasteiger partial charge in [-0.15, -0.1) is 0 Å². The first-order valence-electron chi connectivity index (χ1n) is 5.14. The van der Waals surface area contributed by atoms with Crippen LogP contribution in [0.15, 0.2) is 42.6 Å². The molecule has 0 radical (unpaired) electrons. The number of rotatable bonds is 3. The molecule has 0 saturated carbocycles. The summed E-state index contributed by atoms with van der Waals surface area (Å²) in [4.78, 5) is 4.00. The maximum absolute atomic E-state index is 12.8. The number of aromatic nitrogens is 1. The zero-order valence-electron chi connectivity index (χ0n) is 9.10. The summed E-state index contributed by atoms with van der Waals surface area (Å²) in [6.07, 6.45) is 1.61. The molecule has 0 fully saturated rings. The van der Waals surface area contributed by atoms with Crippen molar-refractivity contribution >= 4 is 5.82 Å². The molecule has 88 valence electrons. The third kappa shape index (κ3) is 2.41. The molecule has 1 heterocycles. The minimum atomic E-state index is -0.302. The maximum atomic E-state index is 12.8. The van der Waals surface area contributed by atoms with E-state index in [0.29, 0.717) is 5.82 Å². The summed E-state index contributed by atoms with van der Waals surface area (Å²) in [5, 5.41) is 0. The number of nitrogens with one attached hydrogen (secondary N) is 1. The van der Waals surface area contributed by atoms with Gasteiger partial charge in [0.05, 0.1) is 6.04 Å². The van der Waals surface area contributed by atoms with Gasteiger partial charge in [-0.25, -0.2) is 14.8 Å². The number of nitrogens with zero attached hydrogens (tertiary/aromatic N) is 1. The van der Waals surface area contributed by atoms with Gasteiger partial charge in [0.1, 0.15) is 11.6 Å². The molecule has 1 aromatic heterocycles. The number of hydrazine groups is 1. The van der Waals surface area contributed by atoms with Gasteiger partial charge in [-0.1, -0.05) is 18.2 Å². The van der Waals surface area contributed by atoms with Crippen LogP contribution >= 0.6 is 0 Å². The molecule has 0 aliphatic heterocycles. The van der Waals surface area contributed by atoms with Crippen molar-refractivity contribution in [3.63, 3.8) is 0 Å². The summed E-state index contributed by atoms with van der Waals surface area (Å²) >= 11 is 0. The van der Waals surface area contributed by atoms with E-state index in [2.05, 4.69) is 10.4 Å². The van der Waals surface area contributed by atoms with E-state index >= 15 is 0 Å². The second kappa shape index (κ2) is 4.90. The molecule has 2 aromatic rings. The van der Waals surface area contributed by atoms with Gasteiger partial charge in [-0.05, 0) is 23.8 Å². The van der Waals surface area contributed by atoms with Crippen molar-refractivity contribution in [1.82, 2.24) is 10.4 Å². The fourth-order valence-corrected chi connectivity index (χ4v) is 1.69. The van der Waals surface area contributed by atoms with Gasteiger partial charge < -0.3 is 5.73 Å². The maximum Gasteiger partial charge on any atom is 0.128 e. The van der Waals surface area contributed by atoms with Crippen LogP contribution in [0.2, 0.25) is 0 Å². The lowest BCUT2D eigenvalue weighted by molar-refractivity contribution is 0.615. The molecular weight excluding hydrogens is 219 g/mol. The molecule has 0 spiro atoms. The third-order valence-corrected chi connectivity index (χ3v) is 2.55. The molecule has 5 heteroatoms. The number of nitrogens with two attached hydrogens (primary N) is 2. The van der Waals surface area contributed by atoms with Crippen LogP contribution in [0.3, 0.4) is 0 Å². The average molecular weight is 232 g/mol. The zero-order valence-corrected chi connectivity index (χ0v) is 9.10. The lowest BCUT2D eigenvalue weighted by Crippen LogP contribution is -2.29. The predicted octanol–water partition coefficient (Wildman–Crippen LogP) is 1.36. The van der Waals surface area contributed by atoms with Crippen molar-refractivity contribution < 1.29 is 4.39 Å². The van der Waals surface area contributed by atoms with E-state index in [1.807, 2.05) is 6.07 Å². The van der Waals surface area contributed by atoms with Gasteiger partial charge >= 0.3 is 0 Å². The quantitative estimate of drug-likeness (QED) is 0.551. The van der Waals surface area contributed by atoms with E-state index in [1.165, 1.54) is 12.1 Å². The highest BCUT2D eigenvalue weighted by atomic mass is 19.1. The van der Waals surface area contributed by atoms with E-state index in [1.54, 1.807) is 24.4 Å².